The molecule has 0 unspecified atom stereocenters. The zero-order valence-corrected chi connectivity index (χ0v) is 20.9. The standard InChI is InChI=1S/C25H31N5O6/c1-24(2,3)36-22(34)15-9-7-13-29-16(31)10-11-25(23(35)30(15)29)18-17(20(32)28(4)21(18)33)19(27-25)14-8-5-6-12-26-14/h5-6,8,12,15,17-19,27H,7,9-11,13H2,1-4H3/t15-,17+,18+,19+,25+/m0/s1. The van der Waals surface area contributed by atoms with Crippen molar-refractivity contribution in [2.24, 2.45) is 11.8 Å². The highest BCUT2D eigenvalue weighted by molar-refractivity contribution is 6.10. The van der Waals surface area contributed by atoms with Gasteiger partial charge in [-0.1, -0.05) is 6.07 Å². The third kappa shape index (κ3) is 3.59. The van der Waals surface area contributed by atoms with Gasteiger partial charge in [0, 0.05) is 26.2 Å². The van der Waals surface area contributed by atoms with Gasteiger partial charge in [-0.25, -0.2) is 9.80 Å². The molecular formula is C25H31N5O6. The first-order chi connectivity index (χ1) is 17.0. The van der Waals surface area contributed by atoms with Crippen molar-refractivity contribution >= 4 is 29.6 Å². The highest BCUT2D eigenvalue weighted by Crippen LogP contribution is 2.51. The summed E-state index contributed by atoms with van der Waals surface area (Å²) in [5.74, 6) is -4.22. The summed E-state index contributed by atoms with van der Waals surface area (Å²) in [6.07, 6.45) is 2.45. The smallest absolute Gasteiger partial charge is 0.331 e. The van der Waals surface area contributed by atoms with E-state index in [0.717, 1.165) is 4.90 Å². The SMILES string of the molecule is CN1C(=O)[C@H]2[C@@H](c3ccccn3)N[C@]3(CCC(=O)N4CCC[C@@H](C(=O)OC(C)(C)C)N4C3=O)[C@H]2C1=O. The first-order valence-electron chi connectivity index (χ1n) is 12.3. The lowest BCUT2D eigenvalue weighted by molar-refractivity contribution is -0.190. The minimum absolute atomic E-state index is 0.0143. The van der Waals surface area contributed by atoms with Gasteiger partial charge in [-0.3, -0.25) is 39.4 Å². The average Bonchev–Trinajstić information content (AvgIpc) is 3.27. The molecule has 1 aromatic heterocycles. The number of amides is 4. The molecule has 5 heterocycles. The van der Waals surface area contributed by atoms with E-state index in [1.807, 2.05) is 0 Å². The Labute approximate surface area is 209 Å². The second-order valence-corrected chi connectivity index (χ2v) is 10.9. The Hall–Kier alpha value is -3.34. The van der Waals surface area contributed by atoms with Crippen LogP contribution in [0.3, 0.4) is 0 Å². The molecule has 4 aliphatic heterocycles. The molecule has 0 radical (unpaired) electrons. The Morgan fingerprint density at radius 3 is 2.58 bits per heavy atom. The Kier molecular flexibility index (Phi) is 5.66. The Morgan fingerprint density at radius 2 is 1.92 bits per heavy atom. The lowest BCUT2D eigenvalue weighted by Gasteiger charge is -2.45. The van der Waals surface area contributed by atoms with Gasteiger partial charge in [-0.15, -0.1) is 0 Å². The van der Waals surface area contributed by atoms with Crippen LogP contribution in [0, 0.1) is 11.8 Å². The molecule has 5 rings (SSSR count). The van der Waals surface area contributed by atoms with Gasteiger partial charge in [-0.05, 0) is 52.2 Å². The number of carbonyl (C=O) groups is 5. The van der Waals surface area contributed by atoms with Gasteiger partial charge in [0.2, 0.25) is 17.7 Å². The van der Waals surface area contributed by atoms with Crippen molar-refractivity contribution < 1.29 is 28.7 Å². The molecule has 0 aromatic carbocycles. The van der Waals surface area contributed by atoms with E-state index in [-0.39, 0.29) is 25.3 Å². The molecule has 1 aromatic rings. The number of nitrogens with one attached hydrogen (secondary N) is 1. The van der Waals surface area contributed by atoms with Crippen LogP contribution in [0.15, 0.2) is 24.4 Å². The highest BCUT2D eigenvalue weighted by Gasteiger charge is 2.70. The molecule has 36 heavy (non-hydrogen) atoms. The first kappa shape index (κ1) is 24.4. The van der Waals surface area contributed by atoms with Crippen LogP contribution in [-0.2, 0) is 28.7 Å². The number of pyridine rings is 1. The van der Waals surface area contributed by atoms with E-state index < -0.39 is 58.8 Å². The minimum Gasteiger partial charge on any atom is -0.458 e. The molecule has 5 atom stereocenters. The number of nitrogens with zero attached hydrogens (tertiary/aromatic N) is 4. The molecule has 4 fully saturated rings. The van der Waals surface area contributed by atoms with Crippen LogP contribution >= 0.6 is 0 Å². The predicted molar refractivity (Wildman–Crippen MR) is 124 cm³/mol. The molecule has 0 aliphatic carbocycles. The molecule has 0 saturated carbocycles. The van der Waals surface area contributed by atoms with Gasteiger partial charge >= 0.3 is 5.97 Å². The fourth-order valence-corrected chi connectivity index (χ4v) is 6.05. The molecular weight excluding hydrogens is 466 g/mol. The summed E-state index contributed by atoms with van der Waals surface area (Å²) in [6.45, 7) is 5.50. The largest absolute Gasteiger partial charge is 0.458 e. The summed E-state index contributed by atoms with van der Waals surface area (Å²) in [4.78, 5) is 73.0. The zero-order chi connectivity index (χ0) is 26.0. The van der Waals surface area contributed by atoms with E-state index in [1.54, 1.807) is 45.2 Å². The van der Waals surface area contributed by atoms with Crippen LogP contribution in [0.2, 0.25) is 0 Å². The van der Waals surface area contributed by atoms with E-state index in [0.29, 0.717) is 18.5 Å². The summed E-state index contributed by atoms with van der Waals surface area (Å²) < 4.78 is 5.60. The van der Waals surface area contributed by atoms with Gasteiger partial charge in [0.25, 0.3) is 5.91 Å². The number of ether oxygens (including phenoxy) is 1. The van der Waals surface area contributed by atoms with Crippen molar-refractivity contribution in [3.05, 3.63) is 30.1 Å². The molecule has 11 nitrogen and oxygen atoms in total. The maximum absolute atomic E-state index is 14.5. The Morgan fingerprint density at radius 1 is 1.17 bits per heavy atom. The number of fused-ring (bicyclic) bond motifs is 3. The van der Waals surface area contributed by atoms with Crippen LogP contribution in [0.25, 0.3) is 0 Å². The third-order valence-corrected chi connectivity index (χ3v) is 7.57. The second kappa shape index (κ2) is 8.36. The third-order valence-electron chi connectivity index (χ3n) is 7.57. The summed E-state index contributed by atoms with van der Waals surface area (Å²) in [7, 11) is 1.41. The maximum atomic E-state index is 14.5. The number of hydrogen-bond acceptors (Lipinski definition) is 8. The quantitative estimate of drug-likeness (QED) is 0.464. The van der Waals surface area contributed by atoms with Gasteiger partial charge < -0.3 is 4.74 Å². The predicted octanol–water partition coefficient (Wildman–Crippen LogP) is 0.566. The van der Waals surface area contributed by atoms with Crippen molar-refractivity contribution in [3.8, 4) is 0 Å². The van der Waals surface area contributed by atoms with Gasteiger partial charge in [0.15, 0.2) is 6.04 Å². The normalized spacial score (nSPS) is 32.6. The fourth-order valence-electron chi connectivity index (χ4n) is 6.05. The summed E-state index contributed by atoms with van der Waals surface area (Å²) in [6, 6.07) is 3.55. The second-order valence-electron chi connectivity index (χ2n) is 10.9. The zero-order valence-electron chi connectivity index (χ0n) is 20.9. The first-order valence-corrected chi connectivity index (χ1v) is 12.3. The monoisotopic (exact) mass is 497 g/mol. The molecule has 4 saturated heterocycles. The summed E-state index contributed by atoms with van der Waals surface area (Å²) in [5, 5.41) is 5.83. The van der Waals surface area contributed by atoms with E-state index in [2.05, 4.69) is 10.3 Å². The number of aromatic nitrogens is 1. The molecule has 0 bridgehead atoms. The van der Waals surface area contributed by atoms with Crippen molar-refractivity contribution in [1.29, 1.82) is 0 Å². The molecule has 192 valence electrons. The molecule has 1 N–H and O–H groups in total. The molecule has 1 spiro atoms. The van der Waals surface area contributed by atoms with Crippen LogP contribution in [0.5, 0.6) is 0 Å². The number of esters is 1. The Bertz CT molecular complexity index is 1130. The van der Waals surface area contributed by atoms with Gasteiger partial charge in [-0.2, -0.15) is 0 Å². The Balaban J connectivity index is 1.61. The van der Waals surface area contributed by atoms with Crippen molar-refractivity contribution in [2.75, 3.05) is 13.6 Å². The van der Waals surface area contributed by atoms with E-state index >= 15 is 0 Å². The topological polar surface area (TPSA) is 129 Å². The van der Waals surface area contributed by atoms with E-state index in [4.69, 9.17) is 4.74 Å². The number of hydrogen-bond donors (Lipinski definition) is 1. The number of imide groups is 1. The van der Waals surface area contributed by atoms with Crippen LogP contribution in [0.1, 0.15) is 58.2 Å². The number of rotatable bonds is 2. The van der Waals surface area contributed by atoms with E-state index in [9.17, 15) is 24.0 Å². The fraction of sp³-hybridized carbons (Fsp3) is 0.600. The van der Waals surface area contributed by atoms with Gasteiger partial charge in [0.05, 0.1) is 23.6 Å². The van der Waals surface area contributed by atoms with Crippen LogP contribution in [-0.4, -0.2) is 80.3 Å². The summed E-state index contributed by atoms with van der Waals surface area (Å²) in [5.41, 5.74) is -1.80. The maximum Gasteiger partial charge on any atom is 0.331 e. The molecule has 4 amide bonds. The number of likely N-dealkylation sites (tertiary alicyclic amines) is 1. The van der Waals surface area contributed by atoms with Crippen molar-refractivity contribution in [2.45, 2.75) is 69.7 Å². The van der Waals surface area contributed by atoms with Crippen molar-refractivity contribution in [1.82, 2.24) is 25.2 Å². The lowest BCUT2D eigenvalue weighted by Crippen LogP contribution is -2.67. The van der Waals surface area contributed by atoms with Crippen LogP contribution in [0.4, 0.5) is 0 Å². The number of carbonyl (C=O) groups excluding carboxylic acids is 5. The molecule has 11 heteroatoms. The molecule has 4 aliphatic rings. The van der Waals surface area contributed by atoms with Gasteiger partial charge in [0.1, 0.15) is 11.1 Å². The van der Waals surface area contributed by atoms with E-state index in [1.165, 1.54) is 17.1 Å². The number of hydrazine groups is 1. The van der Waals surface area contributed by atoms with Crippen molar-refractivity contribution in [3.63, 3.8) is 0 Å². The minimum atomic E-state index is -1.55. The highest BCUT2D eigenvalue weighted by atomic mass is 16.6. The summed E-state index contributed by atoms with van der Waals surface area (Å²) >= 11 is 0. The van der Waals surface area contributed by atoms with Crippen LogP contribution < -0.4 is 5.32 Å². The average molecular weight is 498 g/mol. The lowest BCUT2D eigenvalue weighted by atomic mass is 9.76.